The number of ether oxygens (including phenoxy) is 2. The highest BCUT2D eigenvalue weighted by molar-refractivity contribution is 14.0. The number of guanidine groups is 1. The number of nitrogens with zero attached hydrogens (tertiary/aromatic N) is 1. The van der Waals surface area contributed by atoms with Crippen molar-refractivity contribution in [1.29, 1.82) is 0 Å². The minimum atomic E-state index is -2.97. The normalized spacial score (nSPS) is 25.7. The number of halogens is 1. The van der Waals surface area contributed by atoms with Crippen LogP contribution in [0.4, 0.5) is 0 Å². The molecule has 1 saturated carbocycles. The van der Waals surface area contributed by atoms with E-state index in [4.69, 9.17) is 9.47 Å². The van der Waals surface area contributed by atoms with E-state index in [1.807, 2.05) is 6.92 Å². The molecule has 0 spiro atoms. The lowest BCUT2D eigenvalue weighted by molar-refractivity contribution is -0.176. The second-order valence-electron chi connectivity index (χ2n) is 7.06. The molecular weight excluding hydrogens is 457 g/mol. The standard InChI is InChI=1S/C16H33N3O4S.HI/c1-7-17-14(18-8-9-23-10-11-24(6,20)21)19-13-12-16(4,22-5)15(13,2)3;/h13H,7-12H2,1-6H3,(H2,17,18,19);1H. The van der Waals surface area contributed by atoms with Gasteiger partial charge in [0, 0.05) is 31.4 Å². The molecule has 2 atom stereocenters. The Morgan fingerprint density at radius 1 is 1.28 bits per heavy atom. The maximum absolute atomic E-state index is 11.0. The molecule has 0 bridgehead atoms. The number of rotatable bonds is 9. The van der Waals surface area contributed by atoms with Crippen LogP contribution in [0.25, 0.3) is 0 Å². The van der Waals surface area contributed by atoms with Crippen molar-refractivity contribution in [2.75, 3.05) is 45.4 Å². The van der Waals surface area contributed by atoms with E-state index in [2.05, 4.69) is 36.4 Å². The summed E-state index contributed by atoms with van der Waals surface area (Å²) in [7, 11) is -1.22. The third-order valence-corrected chi connectivity index (χ3v) is 5.95. The summed E-state index contributed by atoms with van der Waals surface area (Å²) < 4.78 is 33.0. The summed E-state index contributed by atoms with van der Waals surface area (Å²) in [6, 6.07) is 0.284. The van der Waals surface area contributed by atoms with Gasteiger partial charge >= 0.3 is 0 Å². The zero-order chi connectivity index (χ0) is 18.4. The van der Waals surface area contributed by atoms with Crippen LogP contribution in [0.1, 0.15) is 34.1 Å². The molecule has 1 rings (SSSR count). The SMILES string of the molecule is CCNC(=NCCOCCS(C)(=O)=O)NC1CC(C)(OC)C1(C)C.I. The minimum Gasteiger partial charge on any atom is -0.378 e. The molecule has 2 unspecified atom stereocenters. The Kier molecular flexibility index (Phi) is 10.2. The Hall–Kier alpha value is -0.130. The van der Waals surface area contributed by atoms with E-state index in [1.165, 1.54) is 6.26 Å². The zero-order valence-corrected chi connectivity index (χ0v) is 19.4. The summed E-state index contributed by atoms with van der Waals surface area (Å²) in [6.07, 6.45) is 2.13. The highest BCUT2D eigenvalue weighted by Crippen LogP contribution is 2.51. The molecule has 7 nitrogen and oxygen atoms in total. The summed E-state index contributed by atoms with van der Waals surface area (Å²) >= 11 is 0. The van der Waals surface area contributed by atoms with Crippen LogP contribution in [-0.2, 0) is 19.3 Å². The molecule has 0 aromatic rings. The average molecular weight is 491 g/mol. The Labute approximate surface area is 169 Å². The number of aliphatic imine (C=N–C) groups is 1. The molecule has 1 aliphatic rings. The summed E-state index contributed by atoms with van der Waals surface area (Å²) in [6.45, 7) is 10.4. The quantitative estimate of drug-likeness (QED) is 0.220. The summed E-state index contributed by atoms with van der Waals surface area (Å²) in [5.41, 5.74) is -0.124. The first-order chi connectivity index (χ1) is 11.1. The average Bonchev–Trinajstić information content (AvgIpc) is 2.48. The molecule has 0 aliphatic heterocycles. The molecule has 1 aliphatic carbocycles. The Balaban J connectivity index is 0.00000576. The van der Waals surface area contributed by atoms with E-state index in [1.54, 1.807) is 7.11 Å². The van der Waals surface area contributed by atoms with Crippen molar-refractivity contribution in [2.45, 2.75) is 45.8 Å². The van der Waals surface area contributed by atoms with Gasteiger partial charge < -0.3 is 20.1 Å². The monoisotopic (exact) mass is 491 g/mol. The van der Waals surface area contributed by atoms with Gasteiger partial charge in [0.15, 0.2) is 5.96 Å². The van der Waals surface area contributed by atoms with Crippen LogP contribution in [0.5, 0.6) is 0 Å². The van der Waals surface area contributed by atoms with Crippen LogP contribution < -0.4 is 10.6 Å². The smallest absolute Gasteiger partial charge is 0.191 e. The van der Waals surface area contributed by atoms with Crippen molar-refractivity contribution < 1.29 is 17.9 Å². The predicted octanol–water partition coefficient (Wildman–Crippen LogP) is 1.42. The van der Waals surface area contributed by atoms with E-state index in [0.29, 0.717) is 13.2 Å². The van der Waals surface area contributed by atoms with E-state index >= 15 is 0 Å². The Bertz CT molecular complexity index is 539. The number of nitrogens with one attached hydrogen (secondary N) is 2. The molecule has 9 heteroatoms. The van der Waals surface area contributed by atoms with Gasteiger partial charge in [0.2, 0.25) is 0 Å². The second-order valence-corrected chi connectivity index (χ2v) is 9.32. The number of methoxy groups -OCH3 is 1. The minimum absolute atomic E-state index is 0. The number of hydrogen-bond acceptors (Lipinski definition) is 5. The van der Waals surface area contributed by atoms with Crippen molar-refractivity contribution in [2.24, 2.45) is 10.4 Å². The molecule has 25 heavy (non-hydrogen) atoms. The lowest BCUT2D eigenvalue weighted by Crippen LogP contribution is -2.69. The van der Waals surface area contributed by atoms with Crippen LogP contribution in [0.15, 0.2) is 4.99 Å². The molecule has 1 fully saturated rings. The van der Waals surface area contributed by atoms with Gasteiger partial charge in [0.1, 0.15) is 9.84 Å². The van der Waals surface area contributed by atoms with E-state index in [-0.39, 0.29) is 53.4 Å². The van der Waals surface area contributed by atoms with Gasteiger partial charge in [-0.25, -0.2) is 8.42 Å². The van der Waals surface area contributed by atoms with Crippen LogP contribution >= 0.6 is 24.0 Å². The van der Waals surface area contributed by atoms with Gasteiger partial charge in [0.25, 0.3) is 0 Å². The van der Waals surface area contributed by atoms with Gasteiger partial charge in [-0.2, -0.15) is 0 Å². The molecule has 0 aromatic heterocycles. The molecule has 0 aromatic carbocycles. The number of hydrogen-bond donors (Lipinski definition) is 2. The molecule has 0 saturated heterocycles. The summed E-state index contributed by atoms with van der Waals surface area (Å²) in [5.74, 6) is 0.793. The fourth-order valence-corrected chi connectivity index (χ4v) is 3.16. The second kappa shape index (κ2) is 10.3. The lowest BCUT2D eigenvalue weighted by Gasteiger charge is -2.59. The van der Waals surface area contributed by atoms with Gasteiger partial charge in [-0.1, -0.05) is 13.8 Å². The third-order valence-electron chi connectivity index (χ3n) is 5.04. The van der Waals surface area contributed by atoms with Crippen LogP contribution in [0.3, 0.4) is 0 Å². The fourth-order valence-electron chi connectivity index (χ4n) is 2.74. The highest BCUT2D eigenvalue weighted by atomic mass is 127. The van der Waals surface area contributed by atoms with E-state index in [0.717, 1.165) is 18.9 Å². The van der Waals surface area contributed by atoms with Gasteiger partial charge in [-0.15, -0.1) is 24.0 Å². The van der Waals surface area contributed by atoms with Crippen molar-refractivity contribution in [1.82, 2.24) is 10.6 Å². The van der Waals surface area contributed by atoms with E-state index in [9.17, 15) is 8.42 Å². The summed E-state index contributed by atoms with van der Waals surface area (Å²) in [4.78, 5) is 4.49. The predicted molar refractivity (Wildman–Crippen MR) is 113 cm³/mol. The molecule has 0 radical (unpaired) electrons. The van der Waals surface area contributed by atoms with Gasteiger partial charge in [-0.05, 0) is 20.3 Å². The van der Waals surface area contributed by atoms with Crippen molar-refractivity contribution in [3.05, 3.63) is 0 Å². The van der Waals surface area contributed by atoms with Crippen molar-refractivity contribution in [3.8, 4) is 0 Å². The maximum atomic E-state index is 11.0. The fraction of sp³-hybridized carbons (Fsp3) is 0.938. The first kappa shape index (κ1) is 24.9. The van der Waals surface area contributed by atoms with Crippen molar-refractivity contribution >= 4 is 39.8 Å². The Morgan fingerprint density at radius 2 is 1.92 bits per heavy atom. The lowest BCUT2D eigenvalue weighted by atomic mass is 9.56. The molecule has 2 N–H and O–H groups in total. The first-order valence-corrected chi connectivity index (χ1v) is 10.5. The summed E-state index contributed by atoms with van der Waals surface area (Å²) in [5, 5.41) is 6.68. The van der Waals surface area contributed by atoms with Crippen LogP contribution in [0.2, 0.25) is 0 Å². The molecule has 150 valence electrons. The topological polar surface area (TPSA) is 89.0 Å². The first-order valence-electron chi connectivity index (χ1n) is 8.41. The van der Waals surface area contributed by atoms with Crippen molar-refractivity contribution in [3.63, 3.8) is 0 Å². The van der Waals surface area contributed by atoms with E-state index < -0.39 is 9.84 Å². The third kappa shape index (κ3) is 7.18. The molecule has 0 amide bonds. The Morgan fingerprint density at radius 3 is 2.40 bits per heavy atom. The van der Waals surface area contributed by atoms with Crippen LogP contribution in [0, 0.1) is 5.41 Å². The highest BCUT2D eigenvalue weighted by Gasteiger charge is 2.58. The van der Waals surface area contributed by atoms with Crippen LogP contribution in [-0.4, -0.2) is 71.4 Å². The molecular formula is C16H34IN3O4S. The molecule has 0 heterocycles. The maximum Gasteiger partial charge on any atom is 0.191 e. The zero-order valence-electron chi connectivity index (χ0n) is 16.2. The number of sulfone groups is 1. The van der Waals surface area contributed by atoms with Gasteiger partial charge in [-0.3, -0.25) is 4.99 Å². The largest absolute Gasteiger partial charge is 0.378 e. The van der Waals surface area contributed by atoms with Gasteiger partial charge in [0.05, 0.1) is 31.1 Å².